The third-order valence-electron chi connectivity index (χ3n) is 3.69. The van der Waals surface area contributed by atoms with Gasteiger partial charge in [0.2, 0.25) is 10.0 Å². The van der Waals surface area contributed by atoms with E-state index in [2.05, 4.69) is 18.7 Å². The van der Waals surface area contributed by atoms with E-state index in [9.17, 15) is 8.42 Å². The fourth-order valence-corrected chi connectivity index (χ4v) is 3.62. The van der Waals surface area contributed by atoms with E-state index in [1.54, 1.807) is 4.31 Å². The Hall–Kier alpha value is -0.130. The molecule has 0 saturated carbocycles. The van der Waals surface area contributed by atoms with E-state index >= 15 is 0 Å². The highest BCUT2D eigenvalue weighted by molar-refractivity contribution is 7.88. The standard InChI is InChI=1S/C10H20N2O2S/c1-9(2)11-5-4-10(6-11)7-12(8-10)15(3,13)14/h9H,4-8H2,1-3H3. The average Bonchev–Trinajstić information content (AvgIpc) is 2.42. The van der Waals surface area contributed by atoms with Gasteiger partial charge in [-0.25, -0.2) is 12.7 Å². The van der Waals surface area contributed by atoms with Crippen molar-refractivity contribution >= 4 is 10.0 Å². The number of nitrogens with zero attached hydrogens (tertiary/aromatic N) is 2. The van der Waals surface area contributed by atoms with E-state index in [1.807, 2.05) is 0 Å². The predicted octanol–water partition coefficient (Wildman–Crippen LogP) is 0.362. The molecule has 0 aromatic heterocycles. The first-order valence-corrected chi connectivity index (χ1v) is 7.36. The Kier molecular flexibility index (Phi) is 2.60. The zero-order valence-electron chi connectivity index (χ0n) is 9.73. The molecule has 2 saturated heterocycles. The van der Waals surface area contributed by atoms with Crippen LogP contribution in [-0.4, -0.2) is 56.1 Å². The molecule has 0 N–H and O–H groups in total. The number of rotatable bonds is 2. The Morgan fingerprint density at radius 1 is 1.20 bits per heavy atom. The van der Waals surface area contributed by atoms with Crippen molar-refractivity contribution < 1.29 is 8.42 Å². The van der Waals surface area contributed by atoms with Gasteiger partial charge in [0, 0.05) is 31.1 Å². The average molecular weight is 232 g/mol. The first-order chi connectivity index (χ1) is 6.82. The summed E-state index contributed by atoms with van der Waals surface area (Å²) in [6.45, 7) is 8.05. The van der Waals surface area contributed by atoms with Gasteiger partial charge >= 0.3 is 0 Å². The quantitative estimate of drug-likeness (QED) is 0.690. The normalized spacial score (nSPS) is 27.5. The molecule has 5 heteroatoms. The van der Waals surface area contributed by atoms with Crippen LogP contribution in [-0.2, 0) is 10.0 Å². The Morgan fingerprint density at radius 3 is 2.20 bits per heavy atom. The predicted molar refractivity (Wildman–Crippen MR) is 60.2 cm³/mol. The number of likely N-dealkylation sites (tertiary alicyclic amines) is 1. The molecule has 0 radical (unpaired) electrons. The second-order valence-electron chi connectivity index (χ2n) is 5.35. The van der Waals surface area contributed by atoms with Crippen LogP contribution in [0, 0.1) is 5.41 Å². The fourth-order valence-electron chi connectivity index (χ4n) is 2.60. The second-order valence-corrected chi connectivity index (χ2v) is 7.33. The lowest BCUT2D eigenvalue weighted by molar-refractivity contribution is 0.0742. The number of hydrogen-bond acceptors (Lipinski definition) is 3. The molecule has 15 heavy (non-hydrogen) atoms. The molecule has 0 bridgehead atoms. The first kappa shape index (κ1) is 11.4. The Bertz CT molecular complexity index is 344. The lowest BCUT2D eigenvalue weighted by Crippen LogP contribution is -2.59. The van der Waals surface area contributed by atoms with Crippen molar-refractivity contribution in [2.45, 2.75) is 26.3 Å². The summed E-state index contributed by atoms with van der Waals surface area (Å²) in [6.07, 6.45) is 2.45. The maximum Gasteiger partial charge on any atom is 0.211 e. The Balaban J connectivity index is 1.94. The van der Waals surface area contributed by atoms with Gasteiger partial charge in [0.05, 0.1) is 6.26 Å². The van der Waals surface area contributed by atoms with Crippen LogP contribution in [0.3, 0.4) is 0 Å². The molecule has 1 spiro atoms. The van der Waals surface area contributed by atoms with Crippen molar-refractivity contribution in [3.8, 4) is 0 Å². The second kappa shape index (κ2) is 3.43. The highest BCUT2D eigenvalue weighted by Crippen LogP contribution is 2.41. The van der Waals surface area contributed by atoms with Gasteiger partial charge in [-0.15, -0.1) is 0 Å². The SMILES string of the molecule is CC(C)N1CCC2(C1)CN(S(C)(=O)=O)C2. The maximum atomic E-state index is 11.3. The van der Waals surface area contributed by atoms with Gasteiger partial charge in [0.15, 0.2) is 0 Å². The van der Waals surface area contributed by atoms with Crippen molar-refractivity contribution in [3.05, 3.63) is 0 Å². The van der Waals surface area contributed by atoms with Crippen molar-refractivity contribution in [1.82, 2.24) is 9.21 Å². The molecule has 2 rings (SSSR count). The van der Waals surface area contributed by atoms with Gasteiger partial charge in [-0.2, -0.15) is 0 Å². The molecule has 2 heterocycles. The van der Waals surface area contributed by atoms with E-state index < -0.39 is 10.0 Å². The van der Waals surface area contributed by atoms with Crippen molar-refractivity contribution in [2.24, 2.45) is 5.41 Å². The minimum Gasteiger partial charge on any atom is -0.300 e. The van der Waals surface area contributed by atoms with Gasteiger partial charge in [-0.3, -0.25) is 0 Å². The summed E-state index contributed by atoms with van der Waals surface area (Å²) in [7, 11) is -2.95. The van der Waals surface area contributed by atoms with Crippen LogP contribution >= 0.6 is 0 Å². The summed E-state index contributed by atoms with van der Waals surface area (Å²) in [6, 6.07) is 0.580. The molecule has 0 amide bonds. The van der Waals surface area contributed by atoms with Crippen molar-refractivity contribution in [3.63, 3.8) is 0 Å². The molecule has 0 aromatic rings. The van der Waals surface area contributed by atoms with E-state index in [1.165, 1.54) is 6.26 Å². The maximum absolute atomic E-state index is 11.3. The van der Waals surface area contributed by atoms with Crippen LogP contribution in [0.1, 0.15) is 20.3 Å². The summed E-state index contributed by atoms with van der Waals surface area (Å²) in [5.74, 6) is 0. The van der Waals surface area contributed by atoms with Crippen LogP contribution in [0.2, 0.25) is 0 Å². The summed E-state index contributed by atoms with van der Waals surface area (Å²) in [5, 5.41) is 0. The molecule has 0 atom stereocenters. The van der Waals surface area contributed by atoms with E-state index in [0.717, 1.165) is 32.6 Å². The molecular formula is C10H20N2O2S. The van der Waals surface area contributed by atoms with Gasteiger partial charge in [0.1, 0.15) is 0 Å². The molecule has 88 valence electrons. The van der Waals surface area contributed by atoms with Gasteiger partial charge < -0.3 is 4.90 Å². The molecular weight excluding hydrogens is 212 g/mol. The van der Waals surface area contributed by atoms with Gasteiger partial charge in [-0.1, -0.05) is 0 Å². The summed E-state index contributed by atoms with van der Waals surface area (Å²) in [4.78, 5) is 2.44. The highest BCUT2D eigenvalue weighted by atomic mass is 32.2. The lowest BCUT2D eigenvalue weighted by Gasteiger charge is -2.46. The molecule has 4 nitrogen and oxygen atoms in total. The van der Waals surface area contributed by atoms with Crippen LogP contribution < -0.4 is 0 Å². The summed E-state index contributed by atoms with van der Waals surface area (Å²) in [5.41, 5.74) is 0.271. The van der Waals surface area contributed by atoms with E-state index in [-0.39, 0.29) is 5.41 Å². The zero-order valence-corrected chi connectivity index (χ0v) is 10.5. The monoisotopic (exact) mass is 232 g/mol. The zero-order chi connectivity index (χ0) is 11.3. The fraction of sp³-hybridized carbons (Fsp3) is 1.00. The molecule has 0 unspecified atom stereocenters. The molecule has 0 aliphatic carbocycles. The van der Waals surface area contributed by atoms with Crippen molar-refractivity contribution in [2.75, 3.05) is 32.4 Å². The molecule has 2 aliphatic heterocycles. The van der Waals surface area contributed by atoms with Crippen LogP contribution in [0.15, 0.2) is 0 Å². The topological polar surface area (TPSA) is 40.6 Å². The number of sulfonamides is 1. The molecule has 0 aromatic carbocycles. The Morgan fingerprint density at radius 2 is 1.80 bits per heavy atom. The largest absolute Gasteiger partial charge is 0.300 e. The molecule has 2 fully saturated rings. The van der Waals surface area contributed by atoms with Gasteiger partial charge in [-0.05, 0) is 26.8 Å². The van der Waals surface area contributed by atoms with Crippen LogP contribution in [0.25, 0.3) is 0 Å². The van der Waals surface area contributed by atoms with E-state index in [0.29, 0.717) is 6.04 Å². The van der Waals surface area contributed by atoms with E-state index in [4.69, 9.17) is 0 Å². The first-order valence-electron chi connectivity index (χ1n) is 5.52. The third-order valence-corrected chi connectivity index (χ3v) is 4.89. The minimum absolute atomic E-state index is 0.271. The third kappa shape index (κ3) is 2.05. The highest BCUT2D eigenvalue weighted by Gasteiger charge is 2.50. The van der Waals surface area contributed by atoms with Crippen molar-refractivity contribution in [1.29, 1.82) is 0 Å². The van der Waals surface area contributed by atoms with Crippen LogP contribution in [0.4, 0.5) is 0 Å². The minimum atomic E-state index is -2.95. The number of hydrogen-bond donors (Lipinski definition) is 0. The lowest BCUT2D eigenvalue weighted by atomic mass is 9.81. The molecule has 2 aliphatic rings. The van der Waals surface area contributed by atoms with Gasteiger partial charge in [0.25, 0.3) is 0 Å². The summed E-state index contributed by atoms with van der Waals surface area (Å²) >= 11 is 0. The smallest absolute Gasteiger partial charge is 0.211 e. The summed E-state index contributed by atoms with van der Waals surface area (Å²) < 4.78 is 24.2. The Labute approximate surface area is 92.3 Å². The van der Waals surface area contributed by atoms with Crippen LogP contribution in [0.5, 0.6) is 0 Å².